The number of nitrogens with one attached hydrogen (secondary N) is 1. The van der Waals surface area contributed by atoms with Gasteiger partial charge in [-0.2, -0.15) is 5.10 Å². The predicted octanol–water partition coefficient (Wildman–Crippen LogP) is 4.56. The SMILES string of the molecule is O=C(CCc1ccnc(Br)c1)Nc1nn(Cc2ccccc2F)cc1Br. The summed E-state index contributed by atoms with van der Waals surface area (Å²) in [6, 6.07) is 10.3. The lowest BCUT2D eigenvalue weighted by Crippen LogP contribution is -2.13. The van der Waals surface area contributed by atoms with Crippen LogP contribution in [0.4, 0.5) is 10.2 Å². The van der Waals surface area contributed by atoms with Crippen molar-refractivity contribution >= 4 is 43.6 Å². The summed E-state index contributed by atoms with van der Waals surface area (Å²) in [4.78, 5) is 16.2. The molecule has 0 aliphatic heterocycles. The fourth-order valence-corrected chi connectivity index (χ4v) is 3.24. The van der Waals surface area contributed by atoms with Crippen LogP contribution in [0.5, 0.6) is 0 Å². The van der Waals surface area contributed by atoms with E-state index in [2.05, 4.69) is 47.3 Å². The molecule has 0 aliphatic carbocycles. The number of aryl methyl sites for hydroxylation is 1. The molecule has 134 valence electrons. The van der Waals surface area contributed by atoms with E-state index in [0.29, 0.717) is 28.7 Å². The molecule has 0 atom stereocenters. The highest BCUT2D eigenvalue weighted by molar-refractivity contribution is 9.10. The fraction of sp³-hybridized carbons (Fsp3) is 0.167. The zero-order chi connectivity index (χ0) is 18.5. The first kappa shape index (κ1) is 18.7. The van der Waals surface area contributed by atoms with Gasteiger partial charge in [-0.1, -0.05) is 18.2 Å². The van der Waals surface area contributed by atoms with E-state index in [-0.39, 0.29) is 18.3 Å². The second-order valence-corrected chi connectivity index (χ2v) is 7.32. The summed E-state index contributed by atoms with van der Waals surface area (Å²) in [5, 5.41) is 7.09. The highest BCUT2D eigenvalue weighted by atomic mass is 79.9. The van der Waals surface area contributed by atoms with Gasteiger partial charge in [0.25, 0.3) is 0 Å². The first-order valence-electron chi connectivity index (χ1n) is 7.88. The molecule has 1 N–H and O–H groups in total. The van der Waals surface area contributed by atoms with Crippen LogP contribution in [0.1, 0.15) is 17.5 Å². The lowest BCUT2D eigenvalue weighted by molar-refractivity contribution is -0.116. The minimum Gasteiger partial charge on any atom is -0.308 e. The Bertz CT molecular complexity index is 929. The van der Waals surface area contributed by atoms with Gasteiger partial charge in [0.15, 0.2) is 5.82 Å². The molecule has 0 spiro atoms. The Morgan fingerprint density at radius 3 is 2.81 bits per heavy atom. The maximum absolute atomic E-state index is 13.8. The van der Waals surface area contributed by atoms with Crippen molar-refractivity contribution in [3.8, 4) is 0 Å². The minimum absolute atomic E-state index is 0.144. The summed E-state index contributed by atoms with van der Waals surface area (Å²) >= 11 is 6.69. The van der Waals surface area contributed by atoms with Crippen LogP contribution in [0.15, 0.2) is 57.9 Å². The molecule has 0 saturated heterocycles. The Morgan fingerprint density at radius 1 is 1.23 bits per heavy atom. The molecular formula is C18H15Br2FN4O. The van der Waals surface area contributed by atoms with Gasteiger partial charge in [0.05, 0.1) is 11.0 Å². The Hall–Kier alpha value is -2.06. The van der Waals surface area contributed by atoms with Crippen LogP contribution in [0.2, 0.25) is 0 Å². The Kier molecular flexibility index (Phi) is 6.16. The smallest absolute Gasteiger partial charge is 0.225 e. The van der Waals surface area contributed by atoms with Gasteiger partial charge in [-0.05, 0) is 62.0 Å². The summed E-state index contributed by atoms with van der Waals surface area (Å²) < 4.78 is 16.7. The zero-order valence-corrected chi connectivity index (χ0v) is 16.8. The number of halogens is 3. The van der Waals surface area contributed by atoms with E-state index in [0.717, 1.165) is 10.2 Å². The third kappa shape index (κ3) is 4.98. The first-order valence-corrected chi connectivity index (χ1v) is 9.46. The van der Waals surface area contributed by atoms with Crippen molar-refractivity contribution in [2.45, 2.75) is 19.4 Å². The van der Waals surface area contributed by atoms with Gasteiger partial charge in [-0.25, -0.2) is 9.37 Å². The summed E-state index contributed by atoms with van der Waals surface area (Å²) in [6.07, 6.45) is 4.32. The standard InChI is InChI=1S/C18H15Br2FN4O/c19-14-11-25(10-13-3-1-2-4-15(13)21)24-18(14)23-17(26)6-5-12-7-8-22-16(20)9-12/h1-4,7-9,11H,5-6,10H2,(H,23,24,26). The molecule has 26 heavy (non-hydrogen) atoms. The van der Waals surface area contributed by atoms with E-state index in [4.69, 9.17) is 0 Å². The van der Waals surface area contributed by atoms with Crippen molar-refractivity contribution in [1.29, 1.82) is 0 Å². The van der Waals surface area contributed by atoms with Gasteiger partial charge >= 0.3 is 0 Å². The van der Waals surface area contributed by atoms with Gasteiger partial charge in [0.1, 0.15) is 10.4 Å². The molecule has 0 bridgehead atoms. The van der Waals surface area contributed by atoms with Crippen molar-refractivity contribution in [3.05, 3.63) is 74.8 Å². The van der Waals surface area contributed by atoms with Gasteiger partial charge in [0.2, 0.25) is 5.91 Å². The van der Waals surface area contributed by atoms with Crippen LogP contribution in [-0.2, 0) is 17.8 Å². The number of anilines is 1. The number of carbonyl (C=O) groups is 1. The highest BCUT2D eigenvalue weighted by Gasteiger charge is 2.12. The highest BCUT2D eigenvalue weighted by Crippen LogP contribution is 2.21. The Morgan fingerprint density at radius 2 is 2.04 bits per heavy atom. The normalized spacial score (nSPS) is 10.7. The van der Waals surface area contributed by atoms with E-state index >= 15 is 0 Å². The second kappa shape index (κ2) is 8.55. The number of amides is 1. The van der Waals surface area contributed by atoms with Gasteiger partial charge in [0, 0.05) is 24.4 Å². The molecule has 1 aromatic carbocycles. The summed E-state index contributed by atoms with van der Waals surface area (Å²) in [5.41, 5.74) is 1.55. The number of pyridine rings is 1. The molecule has 3 aromatic rings. The predicted molar refractivity (Wildman–Crippen MR) is 104 cm³/mol. The van der Waals surface area contributed by atoms with Gasteiger partial charge in [-0.3, -0.25) is 9.48 Å². The summed E-state index contributed by atoms with van der Waals surface area (Å²) in [5.74, 6) is -0.00903. The third-order valence-corrected chi connectivity index (χ3v) is 4.71. The maximum Gasteiger partial charge on any atom is 0.225 e. The molecule has 0 unspecified atom stereocenters. The number of hydrogen-bond acceptors (Lipinski definition) is 3. The van der Waals surface area contributed by atoms with E-state index in [9.17, 15) is 9.18 Å². The van der Waals surface area contributed by atoms with Crippen LogP contribution in [-0.4, -0.2) is 20.7 Å². The molecule has 0 radical (unpaired) electrons. The molecular weight excluding hydrogens is 467 g/mol. The zero-order valence-electron chi connectivity index (χ0n) is 13.6. The van der Waals surface area contributed by atoms with E-state index in [1.807, 2.05) is 12.1 Å². The molecule has 0 aliphatic rings. The second-order valence-electron chi connectivity index (χ2n) is 5.65. The Labute approximate surface area is 166 Å². The molecule has 1 amide bonds. The number of benzene rings is 1. The number of hydrogen-bond donors (Lipinski definition) is 1. The molecule has 2 aromatic heterocycles. The Balaban J connectivity index is 1.60. The topological polar surface area (TPSA) is 59.8 Å². The fourth-order valence-electron chi connectivity index (χ4n) is 2.41. The number of rotatable bonds is 6. The van der Waals surface area contributed by atoms with Crippen molar-refractivity contribution in [2.24, 2.45) is 0 Å². The van der Waals surface area contributed by atoms with Crippen LogP contribution < -0.4 is 5.32 Å². The summed E-state index contributed by atoms with van der Waals surface area (Å²) in [7, 11) is 0. The van der Waals surface area contributed by atoms with Gasteiger partial charge in [-0.15, -0.1) is 0 Å². The van der Waals surface area contributed by atoms with Crippen molar-refractivity contribution in [1.82, 2.24) is 14.8 Å². The number of aromatic nitrogens is 3. The van der Waals surface area contributed by atoms with Gasteiger partial charge < -0.3 is 5.32 Å². The third-order valence-electron chi connectivity index (χ3n) is 3.70. The average Bonchev–Trinajstić information content (AvgIpc) is 2.94. The molecule has 0 fully saturated rings. The van der Waals surface area contributed by atoms with Crippen molar-refractivity contribution in [2.75, 3.05) is 5.32 Å². The lowest BCUT2D eigenvalue weighted by Gasteiger charge is -2.04. The van der Waals surface area contributed by atoms with Crippen LogP contribution in [0, 0.1) is 5.82 Å². The lowest BCUT2D eigenvalue weighted by atomic mass is 10.1. The molecule has 2 heterocycles. The van der Waals surface area contributed by atoms with E-state index < -0.39 is 0 Å². The first-order chi connectivity index (χ1) is 12.5. The molecule has 8 heteroatoms. The van der Waals surface area contributed by atoms with E-state index in [1.165, 1.54) is 6.07 Å². The van der Waals surface area contributed by atoms with Crippen LogP contribution >= 0.6 is 31.9 Å². The van der Waals surface area contributed by atoms with Crippen molar-refractivity contribution < 1.29 is 9.18 Å². The molecule has 5 nitrogen and oxygen atoms in total. The van der Waals surface area contributed by atoms with Crippen LogP contribution in [0.3, 0.4) is 0 Å². The van der Waals surface area contributed by atoms with Crippen molar-refractivity contribution in [3.63, 3.8) is 0 Å². The maximum atomic E-state index is 13.8. The quantitative estimate of drug-likeness (QED) is 0.525. The number of carbonyl (C=O) groups excluding carboxylic acids is 1. The average molecular weight is 482 g/mol. The monoisotopic (exact) mass is 480 g/mol. The molecule has 0 saturated carbocycles. The van der Waals surface area contributed by atoms with E-state index in [1.54, 1.807) is 35.3 Å². The molecule has 3 rings (SSSR count). The van der Waals surface area contributed by atoms with Crippen LogP contribution in [0.25, 0.3) is 0 Å². The largest absolute Gasteiger partial charge is 0.308 e. The number of nitrogens with zero attached hydrogens (tertiary/aromatic N) is 3. The minimum atomic E-state index is -0.284. The summed E-state index contributed by atoms with van der Waals surface area (Å²) in [6.45, 7) is 0.284.